The van der Waals surface area contributed by atoms with Gasteiger partial charge in [0, 0.05) is 11.8 Å². The minimum absolute atomic E-state index is 0.232. The standard InChI is InChI=1S/C17H10F2N6O/c18-13-7-6-10(8-14(13)19)15-12(9-20-17(26)21-15)16-22-23-24-25(16)11-4-2-1-3-5-11/h1-9H,(H,20,21,26). The zero-order valence-corrected chi connectivity index (χ0v) is 13.1. The third-order valence-corrected chi connectivity index (χ3v) is 3.73. The van der Waals surface area contributed by atoms with E-state index in [2.05, 4.69) is 25.5 Å². The summed E-state index contributed by atoms with van der Waals surface area (Å²) in [4.78, 5) is 17.9. The molecule has 2 aromatic carbocycles. The molecule has 0 unspecified atom stereocenters. The van der Waals surface area contributed by atoms with Gasteiger partial charge in [-0.15, -0.1) is 5.10 Å². The summed E-state index contributed by atoms with van der Waals surface area (Å²) in [7, 11) is 0. The second-order valence-electron chi connectivity index (χ2n) is 5.36. The Bertz CT molecular complexity index is 1140. The SMILES string of the molecule is O=c1ncc(-c2nnnn2-c2ccccc2)c(-c2ccc(F)c(F)c2)[nH]1. The molecule has 2 heterocycles. The molecule has 7 nitrogen and oxygen atoms in total. The van der Waals surface area contributed by atoms with Crippen molar-refractivity contribution in [2.45, 2.75) is 0 Å². The molecule has 0 spiro atoms. The molecule has 4 rings (SSSR count). The van der Waals surface area contributed by atoms with Gasteiger partial charge in [-0.05, 0) is 40.8 Å². The topological polar surface area (TPSA) is 89.3 Å². The molecule has 26 heavy (non-hydrogen) atoms. The fourth-order valence-corrected chi connectivity index (χ4v) is 2.54. The van der Waals surface area contributed by atoms with E-state index in [0.717, 1.165) is 12.1 Å². The Morgan fingerprint density at radius 1 is 1.00 bits per heavy atom. The van der Waals surface area contributed by atoms with E-state index >= 15 is 0 Å². The molecule has 0 fully saturated rings. The lowest BCUT2D eigenvalue weighted by atomic mass is 10.1. The van der Waals surface area contributed by atoms with Crippen LogP contribution in [0.15, 0.2) is 59.5 Å². The van der Waals surface area contributed by atoms with E-state index < -0.39 is 17.3 Å². The van der Waals surface area contributed by atoms with Crippen LogP contribution in [0.5, 0.6) is 0 Å². The first-order chi connectivity index (χ1) is 12.6. The lowest BCUT2D eigenvalue weighted by molar-refractivity contribution is 0.509. The first-order valence-electron chi connectivity index (χ1n) is 7.52. The molecule has 0 saturated carbocycles. The van der Waals surface area contributed by atoms with Gasteiger partial charge < -0.3 is 4.98 Å². The number of halogens is 2. The van der Waals surface area contributed by atoms with Gasteiger partial charge in [-0.2, -0.15) is 4.68 Å². The highest BCUT2D eigenvalue weighted by atomic mass is 19.2. The molecule has 0 amide bonds. The average molecular weight is 352 g/mol. The summed E-state index contributed by atoms with van der Waals surface area (Å²) in [5.41, 5.74) is 0.920. The van der Waals surface area contributed by atoms with Crippen molar-refractivity contribution < 1.29 is 8.78 Å². The van der Waals surface area contributed by atoms with E-state index in [0.29, 0.717) is 17.1 Å². The number of para-hydroxylation sites is 1. The van der Waals surface area contributed by atoms with Crippen molar-refractivity contribution >= 4 is 0 Å². The van der Waals surface area contributed by atoms with Crippen molar-refractivity contribution in [3.63, 3.8) is 0 Å². The van der Waals surface area contributed by atoms with Gasteiger partial charge in [0.25, 0.3) is 0 Å². The molecule has 0 aliphatic carbocycles. The predicted molar refractivity (Wildman–Crippen MR) is 88.4 cm³/mol. The Kier molecular flexibility index (Phi) is 3.81. The van der Waals surface area contributed by atoms with E-state index in [-0.39, 0.29) is 11.3 Å². The van der Waals surface area contributed by atoms with Crippen molar-refractivity contribution in [3.8, 4) is 28.3 Å². The molecule has 1 N–H and O–H groups in total. The first kappa shape index (κ1) is 15.8. The van der Waals surface area contributed by atoms with Gasteiger partial charge in [0.1, 0.15) is 0 Å². The van der Waals surface area contributed by atoms with Crippen molar-refractivity contribution in [3.05, 3.63) is 76.8 Å². The van der Waals surface area contributed by atoms with E-state index in [1.54, 1.807) is 12.1 Å². The fourth-order valence-electron chi connectivity index (χ4n) is 2.54. The fraction of sp³-hybridized carbons (Fsp3) is 0. The number of aromatic amines is 1. The molecular formula is C17H10F2N6O. The maximum Gasteiger partial charge on any atom is 0.345 e. The highest BCUT2D eigenvalue weighted by Crippen LogP contribution is 2.29. The van der Waals surface area contributed by atoms with Gasteiger partial charge in [-0.1, -0.05) is 18.2 Å². The van der Waals surface area contributed by atoms with Gasteiger partial charge in [0.15, 0.2) is 17.5 Å². The largest absolute Gasteiger partial charge is 0.345 e. The van der Waals surface area contributed by atoms with Gasteiger partial charge in [0.05, 0.1) is 16.9 Å². The Morgan fingerprint density at radius 3 is 2.58 bits per heavy atom. The zero-order valence-electron chi connectivity index (χ0n) is 13.1. The number of nitrogens with zero attached hydrogens (tertiary/aromatic N) is 5. The van der Waals surface area contributed by atoms with Crippen molar-refractivity contribution in [1.82, 2.24) is 30.2 Å². The minimum atomic E-state index is -1.03. The van der Waals surface area contributed by atoms with Crippen LogP contribution in [-0.4, -0.2) is 30.2 Å². The number of hydrogen-bond acceptors (Lipinski definition) is 5. The predicted octanol–water partition coefficient (Wildman–Crippen LogP) is 2.36. The Hall–Kier alpha value is -3.75. The number of hydrogen-bond donors (Lipinski definition) is 1. The van der Waals surface area contributed by atoms with Crippen LogP contribution in [0, 0.1) is 11.6 Å². The number of benzene rings is 2. The highest BCUT2D eigenvalue weighted by Gasteiger charge is 2.18. The molecule has 4 aromatic rings. The monoisotopic (exact) mass is 352 g/mol. The van der Waals surface area contributed by atoms with Crippen LogP contribution in [0.4, 0.5) is 8.78 Å². The number of H-pyrrole nitrogens is 1. The molecule has 2 aromatic heterocycles. The Labute approximate surface area is 145 Å². The molecule has 128 valence electrons. The summed E-state index contributed by atoms with van der Waals surface area (Å²) >= 11 is 0. The molecule has 9 heteroatoms. The Balaban J connectivity index is 1.93. The quantitative estimate of drug-likeness (QED) is 0.611. The van der Waals surface area contributed by atoms with Crippen LogP contribution in [-0.2, 0) is 0 Å². The third kappa shape index (κ3) is 2.75. The van der Waals surface area contributed by atoms with Crippen molar-refractivity contribution in [2.75, 3.05) is 0 Å². The maximum absolute atomic E-state index is 13.7. The Morgan fingerprint density at radius 2 is 1.81 bits per heavy atom. The molecule has 0 saturated heterocycles. The zero-order chi connectivity index (χ0) is 18.1. The maximum atomic E-state index is 13.7. The minimum Gasteiger partial charge on any atom is -0.305 e. The average Bonchev–Trinajstić information content (AvgIpc) is 3.14. The van der Waals surface area contributed by atoms with Crippen LogP contribution in [0.3, 0.4) is 0 Å². The van der Waals surface area contributed by atoms with Gasteiger partial charge in [-0.3, -0.25) is 0 Å². The number of aromatic nitrogens is 6. The van der Waals surface area contributed by atoms with Crippen LogP contribution >= 0.6 is 0 Å². The lowest BCUT2D eigenvalue weighted by Gasteiger charge is -2.09. The summed E-state index contributed by atoms with van der Waals surface area (Å²) in [6.07, 6.45) is 1.29. The molecule has 0 atom stereocenters. The van der Waals surface area contributed by atoms with Gasteiger partial charge in [-0.25, -0.2) is 18.6 Å². The molecule has 0 aliphatic heterocycles. The van der Waals surface area contributed by atoms with Gasteiger partial charge >= 0.3 is 5.69 Å². The number of tetrazole rings is 1. The van der Waals surface area contributed by atoms with E-state index in [9.17, 15) is 13.6 Å². The third-order valence-electron chi connectivity index (χ3n) is 3.73. The second-order valence-corrected chi connectivity index (χ2v) is 5.36. The van der Waals surface area contributed by atoms with Gasteiger partial charge in [0.2, 0.25) is 0 Å². The molecule has 0 radical (unpaired) electrons. The molecular weight excluding hydrogens is 342 g/mol. The van der Waals surface area contributed by atoms with E-state index in [1.807, 2.05) is 18.2 Å². The first-order valence-corrected chi connectivity index (χ1v) is 7.52. The normalized spacial score (nSPS) is 10.8. The van der Waals surface area contributed by atoms with Crippen LogP contribution < -0.4 is 5.69 Å². The number of rotatable bonds is 3. The number of nitrogens with one attached hydrogen (secondary N) is 1. The smallest absolute Gasteiger partial charge is 0.305 e. The summed E-state index contributed by atoms with van der Waals surface area (Å²) < 4.78 is 28.4. The van der Waals surface area contributed by atoms with Crippen molar-refractivity contribution in [1.29, 1.82) is 0 Å². The van der Waals surface area contributed by atoms with Crippen LogP contribution in [0.1, 0.15) is 0 Å². The highest BCUT2D eigenvalue weighted by molar-refractivity contribution is 5.77. The van der Waals surface area contributed by atoms with Crippen LogP contribution in [0.25, 0.3) is 28.3 Å². The summed E-state index contributed by atoms with van der Waals surface area (Å²) in [6, 6.07) is 12.4. The van der Waals surface area contributed by atoms with Crippen LogP contribution in [0.2, 0.25) is 0 Å². The molecule has 0 aliphatic rings. The van der Waals surface area contributed by atoms with E-state index in [4.69, 9.17) is 0 Å². The summed E-state index contributed by atoms with van der Waals surface area (Å²) in [5, 5.41) is 11.6. The summed E-state index contributed by atoms with van der Waals surface area (Å²) in [6.45, 7) is 0. The molecule has 0 bridgehead atoms. The van der Waals surface area contributed by atoms with Crippen molar-refractivity contribution in [2.24, 2.45) is 0 Å². The second kappa shape index (κ2) is 6.28. The summed E-state index contributed by atoms with van der Waals surface area (Å²) in [5.74, 6) is -1.73. The lowest BCUT2D eigenvalue weighted by Crippen LogP contribution is -2.12. The van der Waals surface area contributed by atoms with E-state index in [1.165, 1.54) is 16.9 Å².